The van der Waals surface area contributed by atoms with Crippen LogP contribution in [0.25, 0.3) is 0 Å². The Morgan fingerprint density at radius 3 is 2.55 bits per heavy atom. The molecule has 20 heavy (non-hydrogen) atoms. The van der Waals surface area contributed by atoms with E-state index in [1.165, 1.54) is 18.2 Å². The zero-order valence-corrected chi connectivity index (χ0v) is 10.8. The fourth-order valence-corrected chi connectivity index (χ4v) is 1.98. The lowest BCUT2D eigenvalue weighted by molar-refractivity contribution is 0.0697. The summed E-state index contributed by atoms with van der Waals surface area (Å²) in [6, 6.07) is 9.75. The molecule has 2 aromatic rings. The van der Waals surface area contributed by atoms with Crippen LogP contribution in [0, 0.1) is 11.6 Å². The Bertz CT molecular complexity index is 644. The Balaban J connectivity index is 2.32. The number of carboxylic acid groups (broad SMARTS) is 1. The van der Waals surface area contributed by atoms with E-state index in [0.29, 0.717) is 11.3 Å². The molecule has 0 heterocycles. The van der Waals surface area contributed by atoms with Crippen molar-refractivity contribution in [2.45, 2.75) is 6.54 Å². The van der Waals surface area contributed by atoms with Gasteiger partial charge in [-0.3, -0.25) is 0 Å². The van der Waals surface area contributed by atoms with Gasteiger partial charge in [0.1, 0.15) is 11.6 Å². The summed E-state index contributed by atoms with van der Waals surface area (Å²) in [5, 5.41) is 9.09. The summed E-state index contributed by atoms with van der Waals surface area (Å²) in [7, 11) is 1.63. The fraction of sp³-hybridized carbons (Fsp3) is 0.133. The van der Waals surface area contributed by atoms with Crippen molar-refractivity contribution < 1.29 is 18.7 Å². The smallest absolute Gasteiger partial charge is 0.337 e. The van der Waals surface area contributed by atoms with Crippen LogP contribution < -0.4 is 4.90 Å². The summed E-state index contributed by atoms with van der Waals surface area (Å²) < 4.78 is 26.7. The molecule has 3 nitrogen and oxygen atoms in total. The van der Waals surface area contributed by atoms with Gasteiger partial charge in [0, 0.05) is 19.2 Å². The Kier molecular flexibility index (Phi) is 3.98. The first-order valence-electron chi connectivity index (χ1n) is 5.96. The lowest BCUT2D eigenvalue weighted by Crippen LogP contribution is -2.20. The number of anilines is 1. The largest absolute Gasteiger partial charge is 0.478 e. The summed E-state index contributed by atoms with van der Waals surface area (Å²) in [4.78, 5) is 12.7. The van der Waals surface area contributed by atoms with Gasteiger partial charge in [0.2, 0.25) is 0 Å². The molecule has 2 aromatic carbocycles. The van der Waals surface area contributed by atoms with Crippen molar-refractivity contribution in [3.05, 3.63) is 65.2 Å². The van der Waals surface area contributed by atoms with Gasteiger partial charge >= 0.3 is 5.97 Å². The molecule has 0 aliphatic heterocycles. The lowest BCUT2D eigenvalue weighted by atomic mass is 10.1. The van der Waals surface area contributed by atoms with E-state index >= 15 is 0 Å². The number of hydrogen-bond donors (Lipinski definition) is 1. The number of hydrogen-bond acceptors (Lipinski definition) is 2. The first-order valence-corrected chi connectivity index (χ1v) is 5.96. The molecule has 0 saturated heterocycles. The van der Waals surface area contributed by atoms with Crippen LogP contribution in [0.3, 0.4) is 0 Å². The molecular formula is C15H13F2NO2. The van der Waals surface area contributed by atoms with Gasteiger partial charge in [-0.1, -0.05) is 18.2 Å². The number of aromatic carboxylic acids is 1. The predicted molar refractivity (Wildman–Crippen MR) is 71.9 cm³/mol. The summed E-state index contributed by atoms with van der Waals surface area (Å²) in [5.41, 5.74) is 0.627. The van der Waals surface area contributed by atoms with E-state index in [9.17, 15) is 13.6 Å². The number of rotatable bonds is 4. The monoisotopic (exact) mass is 277 g/mol. The molecule has 0 aliphatic carbocycles. The highest BCUT2D eigenvalue weighted by molar-refractivity contribution is 5.94. The number of halogens is 2. The van der Waals surface area contributed by atoms with E-state index in [4.69, 9.17) is 5.11 Å². The SMILES string of the molecule is CN(Cc1ccccc1F)c1ccc(F)cc1C(=O)O. The van der Waals surface area contributed by atoms with Gasteiger partial charge < -0.3 is 10.0 Å². The summed E-state index contributed by atoms with van der Waals surface area (Å²) >= 11 is 0. The number of carboxylic acids is 1. The van der Waals surface area contributed by atoms with Crippen LogP contribution in [-0.2, 0) is 6.54 Å². The second-order valence-electron chi connectivity index (χ2n) is 4.41. The van der Waals surface area contributed by atoms with Crippen LogP contribution in [0.15, 0.2) is 42.5 Å². The Morgan fingerprint density at radius 2 is 1.90 bits per heavy atom. The van der Waals surface area contributed by atoms with Gasteiger partial charge in [-0.15, -0.1) is 0 Å². The maximum atomic E-state index is 13.6. The van der Waals surface area contributed by atoms with Crippen LogP contribution in [0.2, 0.25) is 0 Å². The molecular weight excluding hydrogens is 264 g/mol. The van der Waals surface area contributed by atoms with Crippen molar-refractivity contribution in [3.63, 3.8) is 0 Å². The van der Waals surface area contributed by atoms with Gasteiger partial charge in [-0.05, 0) is 24.3 Å². The highest BCUT2D eigenvalue weighted by Gasteiger charge is 2.15. The van der Waals surface area contributed by atoms with Gasteiger partial charge in [-0.2, -0.15) is 0 Å². The average molecular weight is 277 g/mol. The second kappa shape index (κ2) is 5.69. The maximum absolute atomic E-state index is 13.6. The Labute approximate surface area is 115 Å². The second-order valence-corrected chi connectivity index (χ2v) is 4.41. The van der Waals surface area contributed by atoms with Crippen LogP contribution in [0.5, 0.6) is 0 Å². The van der Waals surface area contributed by atoms with Crippen LogP contribution in [-0.4, -0.2) is 18.1 Å². The van der Waals surface area contributed by atoms with E-state index in [0.717, 1.165) is 6.07 Å². The third kappa shape index (κ3) is 2.93. The van der Waals surface area contributed by atoms with Gasteiger partial charge in [0.15, 0.2) is 0 Å². The molecule has 104 valence electrons. The molecule has 0 saturated carbocycles. The fourth-order valence-electron chi connectivity index (χ4n) is 1.98. The summed E-state index contributed by atoms with van der Waals surface area (Å²) in [5.74, 6) is -2.20. The molecule has 0 spiro atoms. The maximum Gasteiger partial charge on any atom is 0.337 e. The van der Waals surface area contributed by atoms with Gasteiger partial charge in [-0.25, -0.2) is 13.6 Å². The van der Waals surface area contributed by atoms with Gasteiger partial charge in [0.05, 0.1) is 11.3 Å². The topological polar surface area (TPSA) is 40.5 Å². The molecule has 1 N–H and O–H groups in total. The number of carbonyl (C=O) groups is 1. The third-order valence-electron chi connectivity index (χ3n) is 2.97. The Morgan fingerprint density at radius 1 is 1.20 bits per heavy atom. The van der Waals surface area contributed by atoms with Crippen molar-refractivity contribution in [1.29, 1.82) is 0 Å². The molecule has 0 fully saturated rings. The van der Waals surface area contributed by atoms with Gasteiger partial charge in [0.25, 0.3) is 0 Å². The molecule has 0 bridgehead atoms. The lowest BCUT2D eigenvalue weighted by Gasteiger charge is -2.21. The zero-order valence-electron chi connectivity index (χ0n) is 10.8. The summed E-state index contributed by atoms with van der Waals surface area (Å²) in [6.45, 7) is 0.193. The number of benzene rings is 2. The first kappa shape index (κ1) is 14.0. The highest BCUT2D eigenvalue weighted by atomic mass is 19.1. The third-order valence-corrected chi connectivity index (χ3v) is 2.97. The molecule has 0 atom stereocenters. The zero-order chi connectivity index (χ0) is 14.7. The van der Waals surface area contributed by atoms with Crippen molar-refractivity contribution >= 4 is 11.7 Å². The average Bonchev–Trinajstić information content (AvgIpc) is 2.41. The van der Waals surface area contributed by atoms with E-state index in [2.05, 4.69) is 0 Å². The van der Waals surface area contributed by atoms with E-state index in [1.807, 2.05) is 0 Å². The highest BCUT2D eigenvalue weighted by Crippen LogP contribution is 2.23. The molecule has 0 amide bonds. The quantitative estimate of drug-likeness (QED) is 0.932. The summed E-state index contributed by atoms with van der Waals surface area (Å²) in [6.07, 6.45) is 0. The molecule has 5 heteroatoms. The first-order chi connectivity index (χ1) is 9.49. The van der Waals surface area contributed by atoms with E-state index in [-0.39, 0.29) is 17.9 Å². The molecule has 0 aliphatic rings. The van der Waals surface area contributed by atoms with Crippen molar-refractivity contribution in [2.24, 2.45) is 0 Å². The predicted octanol–water partition coefficient (Wildman–Crippen LogP) is 3.30. The molecule has 2 rings (SSSR count). The normalized spacial score (nSPS) is 10.3. The Hall–Kier alpha value is -2.43. The van der Waals surface area contributed by atoms with E-state index in [1.54, 1.807) is 30.1 Å². The molecule has 0 radical (unpaired) electrons. The molecule has 0 unspecified atom stereocenters. The van der Waals surface area contributed by atoms with Crippen molar-refractivity contribution in [1.82, 2.24) is 0 Å². The van der Waals surface area contributed by atoms with Crippen molar-refractivity contribution in [3.8, 4) is 0 Å². The van der Waals surface area contributed by atoms with Crippen molar-refractivity contribution in [2.75, 3.05) is 11.9 Å². The van der Waals surface area contributed by atoms with Crippen LogP contribution in [0.1, 0.15) is 15.9 Å². The van der Waals surface area contributed by atoms with Crippen LogP contribution >= 0.6 is 0 Å². The minimum Gasteiger partial charge on any atom is -0.478 e. The number of nitrogens with zero attached hydrogens (tertiary/aromatic N) is 1. The van der Waals surface area contributed by atoms with Crippen LogP contribution in [0.4, 0.5) is 14.5 Å². The van der Waals surface area contributed by atoms with E-state index < -0.39 is 11.8 Å². The minimum absolute atomic E-state index is 0.149. The standard InChI is InChI=1S/C15H13F2NO2/c1-18(9-10-4-2-3-5-13(10)17)14-7-6-11(16)8-12(14)15(19)20/h2-8H,9H2,1H3,(H,19,20). The molecule has 0 aromatic heterocycles. The minimum atomic E-state index is -1.22.